The lowest BCUT2D eigenvalue weighted by Crippen LogP contribution is -2.50. The van der Waals surface area contributed by atoms with E-state index in [9.17, 15) is 9.59 Å². The van der Waals surface area contributed by atoms with Gasteiger partial charge in [0.25, 0.3) is 5.91 Å². The standard InChI is InChI=1S/C29H30N6O2S/c1-2-23-18-24-26(31-29(32-27(24)38-23)35-13-12-30-25(36)19-35)33-14-16-34(17-15-33)28(37)22-10-8-21(9-11-22)20-6-4-3-5-7-20/h3-11,18H,2,12-17,19H2,1H3,(H,30,36). The molecule has 0 aliphatic carbocycles. The molecule has 2 saturated heterocycles. The smallest absolute Gasteiger partial charge is 0.253 e. The molecule has 38 heavy (non-hydrogen) atoms. The van der Waals surface area contributed by atoms with E-state index in [1.54, 1.807) is 11.3 Å². The molecule has 0 bridgehead atoms. The molecular weight excluding hydrogens is 496 g/mol. The zero-order valence-electron chi connectivity index (χ0n) is 21.4. The minimum atomic E-state index is -0.00847. The highest BCUT2D eigenvalue weighted by atomic mass is 32.1. The molecule has 2 aliphatic rings. The van der Waals surface area contributed by atoms with E-state index in [1.807, 2.05) is 52.3 Å². The van der Waals surface area contributed by atoms with Crippen LogP contribution in [0.25, 0.3) is 21.3 Å². The number of nitrogens with one attached hydrogen (secondary N) is 1. The molecule has 0 radical (unpaired) electrons. The molecule has 9 heteroatoms. The van der Waals surface area contributed by atoms with Crippen LogP contribution in [-0.2, 0) is 11.2 Å². The molecule has 0 spiro atoms. The van der Waals surface area contributed by atoms with E-state index in [0.717, 1.165) is 33.6 Å². The lowest BCUT2D eigenvalue weighted by Gasteiger charge is -2.36. The second-order valence-electron chi connectivity index (χ2n) is 9.63. The summed E-state index contributed by atoms with van der Waals surface area (Å²) in [7, 11) is 0. The van der Waals surface area contributed by atoms with Gasteiger partial charge in [-0.25, -0.2) is 4.98 Å². The summed E-state index contributed by atoms with van der Waals surface area (Å²) < 4.78 is 0. The Bertz CT molecular complexity index is 1460. The highest BCUT2D eigenvalue weighted by Gasteiger charge is 2.27. The van der Waals surface area contributed by atoms with E-state index in [4.69, 9.17) is 9.97 Å². The molecule has 2 fully saturated rings. The Morgan fingerprint density at radius 3 is 2.37 bits per heavy atom. The zero-order valence-corrected chi connectivity index (χ0v) is 22.2. The molecule has 2 aromatic carbocycles. The summed E-state index contributed by atoms with van der Waals surface area (Å²) in [6, 6.07) is 20.2. The highest BCUT2D eigenvalue weighted by Crippen LogP contribution is 2.34. The molecule has 8 nitrogen and oxygen atoms in total. The molecule has 4 aromatic rings. The number of aromatic nitrogens is 2. The summed E-state index contributed by atoms with van der Waals surface area (Å²) >= 11 is 1.69. The molecule has 4 heterocycles. The van der Waals surface area contributed by atoms with Crippen molar-refractivity contribution in [1.82, 2.24) is 20.2 Å². The predicted molar refractivity (Wildman–Crippen MR) is 152 cm³/mol. The summed E-state index contributed by atoms with van der Waals surface area (Å²) in [5, 5.41) is 3.92. The maximum atomic E-state index is 13.3. The van der Waals surface area contributed by atoms with Crippen molar-refractivity contribution in [2.24, 2.45) is 0 Å². The summed E-state index contributed by atoms with van der Waals surface area (Å²) in [5.41, 5.74) is 2.95. The highest BCUT2D eigenvalue weighted by molar-refractivity contribution is 7.18. The Morgan fingerprint density at radius 2 is 1.66 bits per heavy atom. The number of anilines is 2. The zero-order chi connectivity index (χ0) is 26.1. The summed E-state index contributed by atoms with van der Waals surface area (Å²) in [4.78, 5) is 43.4. The van der Waals surface area contributed by atoms with Gasteiger partial charge in [0, 0.05) is 49.7 Å². The van der Waals surface area contributed by atoms with Gasteiger partial charge in [0.05, 0.1) is 11.9 Å². The van der Waals surface area contributed by atoms with Crippen LogP contribution in [0.2, 0.25) is 0 Å². The number of rotatable bonds is 5. The first-order valence-corrected chi connectivity index (χ1v) is 13.9. The third-order valence-corrected chi connectivity index (χ3v) is 8.36. The van der Waals surface area contributed by atoms with Gasteiger partial charge in [0.15, 0.2) is 0 Å². The Morgan fingerprint density at radius 1 is 0.921 bits per heavy atom. The minimum absolute atomic E-state index is 0.00847. The molecule has 0 unspecified atom stereocenters. The van der Waals surface area contributed by atoms with E-state index in [0.29, 0.717) is 50.8 Å². The van der Waals surface area contributed by atoms with E-state index in [-0.39, 0.29) is 18.4 Å². The lowest BCUT2D eigenvalue weighted by molar-refractivity contribution is -0.120. The first-order chi connectivity index (χ1) is 18.6. The molecule has 0 atom stereocenters. The van der Waals surface area contributed by atoms with Crippen LogP contribution in [0.3, 0.4) is 0 Å². The van der Waals surface area contributed by atoms with Gasteiger partial charge in [-0.15, -0.1) is 11.3 Å². The number of fused-ring (bicyclic) bond motifs is 1. The molecule has 0 saturated carbocycles. The first-order valence-electron chi connectivity index (χ1n) is 13.1. The van der Waals surface area contributed by atoms with Gasteiger partial charge in [0.2, 0.25) is 11.9 Å². The monoisotopic (exact) mass is 526 g/mol. The number of thiophene rings is 1. The molecule has 1 N–H and O–H groups in total. The van der Waals surface area contributed by atoms with Gasteiger partial charge in [-0.3, -0.25) is 9.59 Å². The van der Waals surface area contributed by atoms with Gasteiger partial charge >= 0.3 is 0 Å². The summed E-state index contributed by atoms with van der Waals surface area (Å²) in [6.45, 7) is 6.32. The topological polar surface area (TPSA) is 81.7 Å². The van der Waals surface area contributed by atoms with Gasteiger partial charge in [-0.05, 0) is 35.7 Å². The van der Waals surface area contributed by atoms with Crippen molar-refractivity contribution >= 4 is 45.1 Å². The maximum absolute atomic E-state index is 13.3. The van der Waals surface area contributed by atoms with Crippen LogP contribution in [0, 0.1) is 0 Å². The average molecular weight is 527 g/mol. The fraction of sp³-hybridized carbons (Fsp3) is 0.310. The van der Waals surface area contributed by atoms with Crippen molar-refractivity contribution in [2.45, 2.75) is 13.3 Å². The van der Waals surface area contributed by atoms with Crippen LogP contribution in [-0.4, -0.2) is 72.5 Å². The van der Waals surface area contributed by atoms with E-state index in [2.05, 4.69) is 35.3 Å². The molecule has 6 rings (SSSR count). The molecule has 2 amide bonds. The van der Waals surface area contributed by atoms with Crippen LogP contribution < -0.4 is 15.1 Å². The van der Waals surface area contributed by atoms with Crippen LogP contribution >= 0.6 is 11.3 Å². The van der Waals surface area contributed by atoms with Crippen molar-refractivity contribution in [3.8, 4) is 11.1 Å². The summed E-state index contributed by atoms with van der Waals surface area (Å²) in [6.07, 6.45) is 0.938. The number of hydrogen-bond acceptors (Lipinski definition) is 7. The number of nitrogens with zero attached hydrogens (tertiary/aromatic N) is 5. The Hall–Kier alpha value is -3.98. The molecule has 2 aromatic heterocycles. The molecular formula is C29H30N6O2S. The number of carbonyl (C=O) groups excluding carboxylic acids is 2. The number of aryl methyl sites for hydroxylation is 1. The Labute approximate surface area is 225 Å². The Balaban J connectivity index is 1.19. The number of benzene rings is 2. The summed E-state index contributed by atoms with van der Waals surface area (Å²) in [5.74, 6) is 1.54. The van der Waals surface area contributed by atoms with Crippen LogP contribution in [0.1, 0.15) is 22.2 Å². The van der Waals surface area contributed by atoms with Crippen LogP contribution in [0.4, 0.5) is 11.8 Å². The molecule has 194 valence electrons. The third kappa shape index (κ3) is 4.81. The quantitative estimate of drug-likeness (QED) is 0.426. The van der Waals surface area contributed by atoms with Crippen molar-refractivity contribution in [2.75, 3.05) is 55.6 Å². The van der Waals surface area contributed by atoms with Gasteiger partial charge < -0.3 is 20.0 Å². The van der Waals surface area contributed by atoms with Crippen LogP contribution in [0.15, 0.2) is 60.7 Å². The number of carbonyl (C=O) groups is 2. The van der Waals surface area contributed by atoms with Crippen molar-refractivity contribution < 1.29 is 9.59 Å². The van der Waals surface area contributed by atoms with Crippen LogP contribution in [0.5, 0.6) is 0 Å². The first kappa shape index (κ1) is 24.4. The second-order valence-corrected chi connectivity index (χ2v) is 10.7. The van der Waals surface area contributed by atoms with Crippen molar-refractivity contribution in [1.29, 1.82) is 0 Å². The largest absolute Gasteiger partial charge is 0.353 e. The number of hydrogen-bond donors (Lipinski definition) is 1. The van der Waals surface area contributed by atoms with Gasteiger partial charge in [-0.2, -0.15) is 4.98 Å². The van der Waals surface area contributed by atoms with Crippen molar-refractivity contribution in [3.05, 3.63) is 71.1 Å². The Kier molecular flexibility index (Phi) is 6.68. The fourth-order valence-electron chi connectivity index (χ4n) is 5.05. The van der Waals surface area contributed by atoms with E-state index in [1.165, 1.54) is 4.88 Å². The van der Waals surface area contributed by atoms with Crippen molar-refractivity contribution in [3.63, 3.8) is 0 Å². The van der Waals surface area contributed by atoms with E-state index >= 15 is 0 Å². The lowest BCUT2D eigenvalue weighted by atomic mass is 10.0. The van der Waals surface area contributed by atoms with Gasteiger partial charge in [0.1, 0.15) is 10.6 Å². The fourth-order valence-corrected chi connectivity index (χ4v) is 6.01. The third-order valence-electron chi connectivity index (χ3n) is 7.19. The minimum Gasteiger partial charge on any atom is -0.353 e. The SMILES string of the molecule is CCc1cc2c(N3CCN(C(=O)c4ccc(-c5ccccc5)cc4)CC3)nc(N3CCNC(=O)C3)nc2s1. The second kappa shape index (κ2) is 10.4. The molecule has 2 aliphatic heterocycles. The normalized spacial score (nSPS) is 16.1. The number of amides is 2. The number of piperazine rings is 2. The predicted octanol–water partition coefficient (Wildman–Crippen LogP) is 3.82. The maximum Gasteiger partial charge on any atom is 0.253 e. The average Bonchev–Trinajstić information content (AvgIpc) is 3.40. The van der Waals surface area contributed by atoms with E-state index < -0.39 is 0 Å². The van der Waals surface area contributed by atoms with Gasteiger partial charge in [-0.1, -0.05) is 49.4 Å².